The van der Waals surface area contributed by atoms with Crippen LogP contribution in [0.3, 0.4) is 0 Å². The number of aliphatic imine (C=N–C) groups is 1. The van der Waals surface area contributed by atoms with Crippen molar-refractivity contribution in [3.63, 3.8) is 0 Å². The van der Waals surface area contributed by atoms with Gasteiger partial charge in [-0.1, -0.05) is 36.4 Å². The van der Waals surface area contributed by atoms with E-state index < -0.39 is 6.10 Å². The molecule has 0 bridgehead atoms. The standard InChI is InChI=1S/C25H36N4O2/c1-4-26-25(27-17-24(30)20-9-11-23(31-3)12-10-20)28-22-13-15-29(16-14-22)18-21-8-6-5-7-19(21)2/h5-12,22,24,30H,4,13-18H2,1-3H3,(H2,26,27,28). The molecule has 168 valence electrons. The molecule has 0 saturated carbocycles. The second-order valence-electron chi connectivity index (χ2n) is 8.13. The van der Waals surface area contributed by atoms with Crippen LogP contribution in [0.2, 0.25) is 0 Å². The molecule has 31 heavy (non-hydrogen) atoms. The van der Waals surface area contributed by atoms with Gasteiger partial charge in [-0.25, -0.2) is 0 Å². The molecule has 1 fully saturated rings. The third-order valence-corrected chi connectivity index (χ3v) is 5.85. The number of aliphatic hydroxyl groups is 1. The van der Waals surface area contributed by atoms with Gasteiger partial charge < -0.3 is 20.5 Å². The van der Waals surface area contributed by atoms with Crippen LogP contribution in [0.15, 0.2) is 53.5 Å². The lowest BCUT2D eigenvalue weighted by Gasteiger charge is -2.33. The van der Waals surface area contributed by atoms with Crippen molar-refractivity contribution >= 4 is 5.96 Å². The lowest BCUT2D eigenvalue weighted by atomic mass is 10.0. The number of methoxy groups -OCH3 is 1. The minimum atomic E-state index is -0.641. The van der Waals surface area contributed by atoms with Crippen LogP contribution in [-0.2, 0) is 6.54 Å². The molecular weight excluding hydrogens is 388 g/mol. The Hall–Kier alpha value is -2.57. The Morgan fingerprint density at radius 2 is 1.87 bits per heavy atom. The summed E-state index contributed by atoms with van der Waals surface area (Å²) in [6, 6.07) is 16.5. The predicted molar refractivity (Wildman–Crippen MR) is 127 cm³/mol. The Labute approximate surface area is 186 Å². The Kier molecular flexibility index (Phi) is 8.74. The number of aliphatic hydroxyl groups excluding tert-OH is 1. The Balaban J connectivity index is 1.50. The molecule has 2 aromatic carbocycles. The van der Waals surface area contributed by atoms with E-state index in [9.17, 15) is 5.11 Å². The van der Waals surface area contributed by atoms with E-state index in [0.29, 0.717) is 12.6 Å². The minimum absolute atomic E-state index is 0.313. The second kappa shape index (κ2) is 11.7. The molecule has 6 nitrogen and oxygen atoms in total. The fraction of sp³-hybridized carbons (Fsp3) is 0.480. The average Bonchev–Trinajstić information content (AvgIpc) is 2.80. The van der Waals surface area contributed by atoms with Crippen LogP contribution in [0.5, 0.6) is 5.75 Å². The van der Waals surface area contributed by atoms with Crippen molar-refractivity contribution in [1.82, 2.24) is 15.5 Å². The molecule has 0 aliphatic carbocycles. The first kappa shape index (κ1) is 23.1. The van der Waals surface area contributed by atoms with Gasteiger partial charge in [-0.15, -0.1) is 0 Å². The highest BCUT2D eigenvalue weighted by molar-refractivity contribution is 5.80. The highest BCUT2D eigenvalue weighted by Crippen LogP contribution is 2.18. The van der Waals surface area contributed by atoms with Gasteiger partial charge in [0.1, 0.15) is 5.75 Å². The SMILES string of the molecule is CCNC(=NCC(O)c1ccc(OC)cc1)NC1CCN(Cc2ccccc2C)CC1. The summed E-state index contributed by atoms with van der Waals surface area (Å²) < 4.78 is 5.18. The summed E-state index contributed by atoms with van der Waals surface area (Å²) >= 11 is 0. The van der Waals surface area contributed by atoms with Crippen LogP contribution >= 0.6 is 0 Å². The van der Waals surface area contributed by atoms with Crippen LogP contribution in [0.4, 0.5) is 0 Å². The van der Waals surface area contributed by atoms with E-state index in [2.05, 4.69) is 58.6 Å². The lowest BCUT2D eigenvalue weighted by Crippen LogP contribution is -2.48. The van der Waals surface area contributed by atoms with Gasteiger partial charge in [-0.05, 0) is 55.5 Å². The zero-order valence-corrected chi connectivity index (χ0v) is 19.0. The van der Waals surface area contributed by atoms with Crippen molar-refractivity contribution in [2.45, 2.75) is 45.4 Å². The highest BCUT2D eigenvalue weighted by atomic mass is 16.5. The summed E-state index contributed by atoms with van der Waals surface area (Å²) in [5.74, 6) is 1.55. The number of nitrogens with zero attached hydrogens (tertiary/aromatic N) is 2. The molecule has 3 rings (SSSR count). The monoisotopic (exact) mass is 424 g/mol. The van der Waals surface area contributed by atoms with E-state index in [1.54, 1.807) is 7.11 Å². The van der Waals surface area contributed by atoms with E-state index in [4.69, 9.17) is 4.74 Å². The zero-order valence-electron chi connectivity index (χ0n) is 19.0. The van der Waals surface area contributed by atoms with Crippen molar-refractivity contribution in [3.8, 4) is 5.75 Å². The van der Waals surface area contributed by atoms with Crippen LogP contribution in [0.25, 0.3) is 0 Å². The molecule has 1 heterocycles. The Morgan fingerprint density at radius 1 is 1.16 bits per heavy atom. The van der Waals surface area contributed by atoms with Gasteiger partial charge >= 0.3 is 0 Å². The fourth-order valence-corrected chi connectivity index (χ4v) is 3.89. The molecule has 0 aromatic heterocycles. The van der Waals surface area contributed by atoms with Gasteiger partial charge in [0, 0.05) is 32.2 Å². The maximum absolute atomic E-state index is 10.5. The average molecular weight is 425 g/mol. The largest absolute Gasteiger partial charge is 0.497 e. The number of hydrogen-bond acceptors (Lipinski definition) is 4. The van der Waals surface area contributed by atoms with Crippen LogP contribution in [-0.4, -0.2) is 55.3 Å². The number of ether oxygens (including phenoxy) is 1. The van der Waals surface area contributed by atoms with Gasteiger partial charge in [0.05, 0.1) is 19.8 Å². The normalized spacial score (nSPS) is 16.7. The van der Waals surface area contributed by atoms with E-state index in [-0.39, 0.29) is 0 Å². The third kappa shape index (κ3) is 6.97. The number of hydrogen-bond donors (Lipinski definition) is 3. The summed E-state index contributed by atoms with van der Waals surface area (Å²) in [6.45, 7) is 8.50. The van der Waals surface area contributed by atoms with Crippen LogP contribution in [0.1, 0.15) is 42.6 Å². The second-order valence-corrected chi connectivity index (χ2v) is 8.13. The summed E-state index contributed by atoms with van der Waals surface area (Å²) in [4.78, 5) is 7.15. The summed E-state index contributed by atoms with van der Waals surface area (Å²) in [5.41, 5.74) is 3.61. The molecule has 2 aromatic rings. The molecule has 3 N–H and O–H groups in total. The fourth-order valence-electron chi connectivity index (χ4n) is 3.89. The molecule has 1 saturated heterocycles. The van der Waals surface area contributed by atoms with Crippen LogP contribution in [0, 0.1) is 6.92 Å². The first-order chi connectivity index (χ1) is 15.1. The van der Waals surface area contributed by atoms with Crippen molar-refractivity contribution in [2.24, 2.45) is 4.99 Å². The number of aryl methyl sites for hydroxylation is 1. The molecular formula is C25H36N4O2. The molecule has 0 spiro atoms. The Morgan fingerprint density at radius 3 is 2.52 bits per heavy atom. The third-order valence-electron chi connectivity index (χ3n) is 5.85. The topological polar surface area (TPSA) is 69.1 Å². The van der Waals surface area contributed by atoms with Gasteiger partial charge in [0.25, 0.3) is 0 Å². The van der Waals surface area contributed by atoms with E-state index in [0.717, 1.165) is 56.3 Å². The predicted octanol–water partition coefficient (Wildman–Crippen LogP) is 3.26. The summed E-state index contributed by atoms with van der Waals surface area (Å²) in [7, 11) is 1.64. The number of nitrogens with one attached hydrogen (secondary N) is 2. The molecule has 1 atom stereocenters. The minimum Gasteiger partial charge on any atom is -0.497 e. The summed E-state index contributed by atoms with van der Waals surface area (Å²) in [6.07, 6.45) is 1.52. The first-order valence-electron chi connectivity index (χ1n) is 11.2. The van der Waals surface area contributed by atoms with Gasteiger partial charge in [-0.2, -0.15) is 0 Å². The maximum atomic E-state index is 10.5. The number of guanidine groups is 1. The van der Waals surface area contributed by atoms with Gasteiger partial charge in [-0.3, -0.25) is 9.89 Å². The van der Waals surface area contributed by atoms with Crippen molar-refractivity contribution in [1.29, 1.82) is 0 Å². The molecule has 1 unspecified atom stereocenters. The number of benzene rings is 2. The van der Waals surface area contributed by atoms with Crippen LogP contribution < -0.4 is 15.4 Å². The maximum Gasteiger partial charge on any atom is 0.191 e. The lowest BCUT2D eigenvalue weighted by molar-refractivity contribution is 0.186. The van der Waals surface area contributed by atoms with Gasteiger partial charge in [0.15, 0.2) is 5.96 Å². The Bertz CT molecular complexity index is 830. The molecule has 6 heteroatoms. The first-order valence-corrected chi connectivity index (χ1v) is 11.2. The smallest absolute Gasteiger partial charge is 0.191 e. The summed E-state index contributed by atoms with van der Waals surface area (Å²) in [5, 5.41) is 17.4. The number of piperidine rings is 1. The molecule has 1 aliphatic heterocycles. The van der Waals surface area contributed by atoms with Crippen molar-refractivity contribution in [2.75, 3.05) is 33.3 Å². The van der Waals surface area contributed by atoms with E-state index in [1.165, 1.54) is 11.1 Å². The quantitative estimate of drug-likeness (QED) is 0.448. The molecule has 1 aliphatic rings. The highest BCUT2D eigenvalue weighted by Gasteiger charge is 2.20. The zero-order chi connectivity index (χ0) is 22.1. The number of rotatable bonds is 8. The van der Waals surface area contributed by atoms with E-state index >= 15 is 0 Å². The molecule has 0 amide bonds. The van der Waals surface area contributed by atoms with Gasteiger partial charge in [0.2, 0.25) is 0 Å². The van der Waals surface area contributed by atoms with E-state index in [1.807, 2.05) is 24.3 Å². The van der Waals surface area contributed by atoms with Crippen molar-refractivity contribution in [3.05, 3.63) is 65.2 Å². The van der Waals surface area contributed by atoms with Crippen molar-refractivity contribution < 1.29 is 9.84 Å². The molecule has 0 radical (unpaired) electrons. The number of likely N-dealkylation sites (tertiary alicyclic amines) is 1.